The lowest BCUT2D eigenvalue weighted by molar-refractivity contribution is 0.00610. The molecule has 1 unspecified atom stereocenters. The Bertz CT molecular complexity index is 459. The molecule has 0 aliphatic rings. The van der Waals surface area contributed by atoms with Gasteiger partial charge in [0.1, 0.15) is 6.61 Å². The van der Waals surface area contributed by atoms with Crippen LogP contribution >= 0.6 is 0 Å². The van der Waals surface area contributed by atoms with Crippen molar-refractivity contribution in [1.82, 2.24) is 5.32 Å². The van der Waals surface area contributed by atoms with Crippen LogP contribution in [0.1, 0.15) is 46.6 Å². The van der Waals surface area contributed by atoms with E-state index in [1.807, 2.05) is 20.8 Å². The van der Waals surface area contributed by atoms with E-state index < -0.39 is 23.0 Å². The Labute approximate surface area is 125 Å². The van der Waals surface area contributed by atoms with Crippen LogP contribution in [0.4, 0.5) is 8.78 Å². The van der Waals surface area contributed by atoms with Crippen molar-refractivity contribution >= 4 is 0 Å². The molecule has 0 saturated carbocycles. The molecule has 0 aliphatic heterocycles. The first-order valence-corrected chi connectivity index (χ1v) is 7.12. The number of hydrogen-bond acceptors (Lipinski definition) is 3. The standard InChI is InChI=1S/C16H25F2NO2/c1-6-16(5,20)10-21-14-12(17)7-11(8-13(14)18)9-19-15(2,3)4/h7-8,19-20H,6,9-10H2,1-5H3. The second kappa shape index (κ2) is 6.71. The van der Waals surface area contributed by atoms with Gasteiger partial charge in [0.15, 0.2) is 17.4 Å². The second-order valence-electron chi connectivity index (χ2n) is 6.63. The van der Waals surface area contributed by atoms with Gasteiger partial charge in [0.2, 0.25) is 0 Å². The summed E-state index contributed by atoms with van der Waals surface area (Å²) in [4.78, 5) is 0. The van der Waals surface area contributed by atoms with Crippen molar-refractivity contribution in [3.8, 4) is 5.75 Å². The Hall–Kier alpha value is -1.20. The summed E-state index contributed by atoms with van der Waals surface area (Å²) < 4.78 is 33.0. The lowest BCUT2D eigenvalue weighted by Crippen LogP contribution is -2.35. The van der Waals surface area contributed by atoms with E-state index in [0.29, 0.717) is 18.5 Å². The summed E-state index contributed by atoms with van der Waals surface area (Å²) in [6.07, 6.45) is 0.434. The minimum absolute atomic E-state index is 0.137. The summed E-state index contributed by atoms with van der Waals surface area (Å²) in [7, 11) is 0. The third-order valence-electron chi connectivity index (χ3n) is 3.17. The van der Waals surface area contributed by atoms with Crippen LogP contribution in [0, 0.1) is 11.6 Å². The van der Waals surface area contributed by atoms with Gasteiger partial charge in [0.25, 0.3) is 0 Å². The van der Waals surface area contributed by atoms with Crippen molar-refractivity contribution in [3.63, 3.8) is 0 Å². The molecular weight excluding hydrogens is 276 g/mol. The van der Waals surface area contributed by atoms with Crippen molar-refractivity contribution in [2.45, 2.75) is 58.7 Å². The molecule has 0 amide bonds. The van der Waals surface area contributed by atoms with Gasteiger partial charge in [-0.1, -0.05) is 6.92 Å². The third kappa shape index (κ3) is 5.98. The first kappa shape index (κ1) is 17.9. The highest BCUT2D eigenvalue weighted by Gasteiger charge is 2.21. The normalized spacial score (nSPS) is 14.9. The topological polar surface area (TPSA) is 41.5 Å². The highest BCUT2D eigenvalue weighted by molar-refractivity contribution is 5.31. The number of ether oxygens (including phenoxy) is 1. The van der Waals surface area contributed by atoms with Crippen LogP contribution in [0.3, 0.4) is 0 Å². The smallest absolute Gasteiger partial charge is 0.190 e. The molecule has 0 spiro atoms. The van der Waals surface area contributed by atoms with E-state index in [0.717, 1.165) is 0 Å². The summed E-state index contributed by atoms with van der Waals surface area (Å²) in [5.41, 5.74) is -0.734. The molecule has 1 rings (SSSR count). The molecule has 3 nitrogen and oxygen atoms in total. The van der Waals surface area contributed by atoms with E-state index in [9.17, 15) is 13.9 Å². The molecule has 1 aromatic rings. The van der Waals surface area contributed by atoms with Gasteiger partial charge in [-0.05, 0) is 51.8 Å². The van der Waals surface area contributed by atoms with Gasteiger partial charge < -0.3 is 15.2 Å². The first-order valence-electron chi connectivity index (χ1n) is 7.12. The molecule has 1 atom stereocenters. The van der Waals surface area contributed by atoms with Gasteiger partial charge in [0.05, 0.1) is 5.60 Å². The van der Waals surface area contributed by atoms with Crippen LogP contribution in [-0.4, -0.2) is 22.9 Å². The van der Waals surface area contributed by atoms with Crippen LogP contribution in [0.2, 0.25) is 0 Å². The number of aliphatic hydroxyl groups is 1. The minimum Gasteiger partial charge on any atom is -0.485 e. The Morgan fingerprint density at radius 3 is 2.10 bits per heavy atom. The minimum atomic E-state index is -1.11. The maximum absolute atomic E-state index is 13.9. The molecule has 2 N–H and O–H groups in total. The van der Waals surface area contributed by atoms with Crippen molar-refractivity contribution in [2.24, 2.45) is 0 Å². The Balaban J connectivity index is 2.80. The quantitative estimate of drug-likeness (QED) is 0.846. The molecule has 1 aromatic carbocycles. The second-order valence-corrected chi connectivity index (χ2v) is 6.63. The predicted molar refractivity (Wildman–Crippen MR) is 79.4 cm³/mol. The van der Waals surface area contributed by atoms with Gasteiger partial charge in [0, 0.05) is 12.1 Å². The average Bonchev–Trinajstić information content (AvgIpc) is 2.34. The first-order chi connectivity index (χ1) is 9.54. The fourth-order valence-electron chi connectivity index (χ4n) is 1.55. The number of benzene rings is 1. The maximum Gasteiger partial charge on any atom is 0.190 e. The molecule has 5 heteroatoms. The van der Waals surface area contributed by atoms with E-state index in [4.69, 9.17) is 4.74 Å². The third-order valence-corrected chi connectivity index (χ3v) is 3.17. The maximum atomic E-state index is 13.9. The van der Waals surface area contributed by atoms with Crippen LogP contribution < -0.4 is 10.1 Å². The van der Waals surface area contributed by atoms with Crippen LogP contribution in [-0.2, 0) is 6.54 Å². The van der Waals surface area contributed by atoms with Gasteiger partial charge in [-0.2, -0.15) is 0 Å². The summed E-state index contributed by atoms with van der Waals surface area (Å²) in [6.45, 7) is 9.47. The summed E-state index contributed by atoms with van der Waals surface area (Å²) >= 11 is 0. The van der Waals surface area contributed by atoms with Gasteiger partial charge in [-0.25, -0.2) is 8.78 Å². The molecule has 0 aromatic heterocycles. The molecule has 21 heavy (non-hydrogen) atoms. The van der Waals surface area contributed by atoms with Gasteiger partial charge in [-0.3, -0.25) is 0 Å². The molecule has 120 valence electrons. The van der Waals surface area contributed by atoms with Crippen LogP contribution in [0.25, 0.3) is 0 Å². The Morgan fingerprint density at radius 1 is 1.14 bits per heavy atom. The average molecular weight is 301 g/mol. The van der Waals surface area contributed by atoms with Crippen LogP contribution in [0.5, 0.6) is 5.75 Å². The Morgan fingerprint density at radius 2 is 1.67 bits per heavy atom. The fraction of sp³-hybridized carbons (Fsp3) is 0.625. The molecule has 0 heterocycles. The summed E-state index contributed by atoms with van der Waals surface area (Å²) in [6, 6.07) is 2.50. The predicted octanol–water partition coefficient (Wildman–Crippen LogP) is 3.39. The van der Waals surface area contributed by atoms with Crippen molar-refractivity contribution in [1.29, 1.82) is 0 Å². The van der Waals surface area contributed by atoms with Crippen LogP contribution in [0.15, 0.2) is 12.1 Å². The van der Waals surface area contributed by atoms with Crippen molar-refractivity contribution < 1.29 is 18.6 Å². The number of rotatable bonds is 6. The van der Waals surface area contributed by atoms with E-state index in [2.05, 4.69) is 5.32 Å². The largest absolute Gasteiger partial charge is 0.485 e. The molecule has 0 bridgehead atoms. The monoisotopic (exact) mass is 301 g/mol. The molecule has 0 aliphatic carbocycles. The zero-order valence-corrected chi connectivity index (χ0v) is 13.4. The van der Waals surface area contributed by atoms with E-state index >= 15 is 0 Å². The molecule has 0 saturated heterocycles. The molecular formula is C16H25F2NO2. The molecule has 0 fully saturated rings. The lowest BCUT2D eigenvalue weighted by Gasteiger charge is -2.22. The zero-order valence-electron chi connectivity index (χ0n) is 13.4. The Kier molecular flexibility index (Phi) is 5.70. The van der Waals surface area contributed by atoms with Gasteiger partial charge >= 0.3 is 0 Å². The van der Waals surface area contributed by atoms with Gasteiger partial charge in [-0.15, -0.1) is 0 Å². The number of hydrogen-bond donors (Lipinski definition) is 2. The SMILES string of the molecule is CCC(C)(O)COc1c(F)cc(CNC(C)(C)C)cc1F. The number of halogens is 2. The molecule has 0 radical (unpaired) electrons. The van der Waals surface area contributed by atoms with E-state index in [-0.39, 0.29) is 12.1 Å². The van der Waals surface area contributed by atoms with Crippen molar-refractivity contribution in [2.75, 3.05) is 6.61 Å². The summed E-state index contributed by atoms with van der Waals surface area (Å²) in [5, 5.41) is 13.0. The summed E-state index contributed by atoms with van der Waals surface area (Å²) in [5.74, 6) is -1.96. The highest BCUT2D eigenvalue weighted by atomic mass is 19.1. The fourth-order valence-corrected chi connectivity index (χ4v) is 1.55. The lowest BCUT2D eigenvalue weighted by atomic mass is 10.1. The van der Waals surface area contributed by atoms with E-state index in [1.165, 1.54) is 12.1 Å². The van der Waals surface area contributed by atoms with E-state index in [1.54, 1.807) is 13.8 Å². The zero-order chi connectivity index (χ0) is 16.3. The number of nitrogens with one attached hydrogen (secondary N) is 1. The van der Waals surface area contributed by atoms with Crippen molar-refractivity contribution in [3.05, 3.63) is 29.3 Å². The highest BCUT2D eigenvalue weighted by Crippen LogP contribution is 2.25.